The highest BCUT2D eigenvalue weighted by atomic mass is 16.5. The molecule has 1 saturated heterocycles. The average molecular weight is 349 g/mol. The van der Waals surface area contributed by atoms with Gasteiger partial charge in [0.05, 0.1) is 0 Å². The van der Waals surface area contributed by atoms with Crippen molar-refractivity contribution in [3.63, 3.8) is 0 Å². The number of aromatic amines is 1. The van der Waals surface area contributed by atoms with Crippen LogP contribution in [0.1, 0.15) is 23.2 Å². The maximum Gasteiger partial charge on any atom is 0.255 e. The van der Waals surface area contributed by atoms with Crippen molar-refractivity contribution in [2.45, 2.75) is 18.9 Å². The lowest BCUT2D eigenvalue weighted by atomic mass is 10.1. The molecule has 0 aliphatic carbocycles. The van der Waals surface area contributed by atoms with Crippen molar-refractivity contribution >= 4 is 34.1 Å². The maximum absolute atomic E-state index is 12.4. The molecule has 1 aliphatic rings. The molecule has 0 spiro atoms. The normalized spacial score (nSPS) is 16.5. The number of carbonyl (C=O) groups excluding carboxylic acids is 2. The Bertz CT molecular complexity index is 940. The van der Waals surface area contributed by atoms with Crippen molar-refractivity contribution in [2.75, 3.05) is 17.2 Å². The maximum atomic E-state index is 12.4. The van der Waals surface area contributed by atoms with Gasteiger partial charge in [0.15, 0.2) is 0 Å². The van der Waals surface area contributed by atoms with Gasteiger partial charge in [-0.25, -0.2) is 0 Å². The number of carbonyl (C=O) groups is 2. The number of aromatic nitrogens is 1. The second kappa shape index (κ2) is 7.01. The molecule has 26 heavy (non-hydrogen) atoms. The van der Waals surface area contributed by atoms with Crippen molar-refractivity contribution in [2.24, 2.45) is 0 Å². The summed E-state index contributed by atoms with van der Waals surface area (Å²) in [4.78, 5) is 27.5. The van der Waals surface area contributed by atoms with Crippen LogP contribution in [0.25, 0.3) is 10.9 Å². The molecule has 2 heterocycles. The first-order chi connectivity index (χ1) is 12.7. The van der Waals surface area contributed by atoms with E-state index in [9.17, 15) is 9.59 Å². The van der Waals surface area contributed by atoms with Crippen LogP contribution in [-0.4, -0.2) is 29.5 Å². The van der Waals surface area contributed by atoms with Gasteiger partial charge in [0.25, 0.3) is 11.8 Å². The third-order valence-electron chi connectivity index (χ3n) is 4.45. The summed E-state index contributed by atoms with van der Waals surface area (Å²) < 4.78 is 5.37. The number of hydrogen-bond acceptors (Lipinski definition) is 3. The van der Waals surface area contributed by atoms with Gasteiger partial charge in [0, 0.05) is 40.6 Å². The minimum absolute atomic E-state index is 0.126. The van der Waals surface area contributed by atoms with Crippen LogP contribution in [0.2, 0.25) is 0 Å². The van der Waals surface area contributed by atoms with Gasteiger partial charge in [0.2, 0.25) is 0 Å². The molecule has 3 aromatic rings. The fourth-order valence-electron chi connectivity index (χ4n) is 3.04. The Morgan fingerprint density at radius 3 is 2.50 bits per heavy atom. The predicted molar refractivity (Wildman–Crippen MR) is 100 cm³/mol. The van der Waals surface area contributed by atoms with Crippen LogP contribution < -0.4 is 10.6 Å². The Hall–Kier alpha value is -3.12. The molecule has 0 bridgehead atoms. The van der Waals surface area contributed by atoms with Crippen LogP contribution >= 0.6 is 0 Å². The third kappa shape index (κ3) is 3.45. The van der Waals surface area contributed by atoms with Crippen LogP contribution in [0, 0.1) is 0 Å². The van der Waals surface area contributed by atoms with Crippen LogP contribution in [0.3, 0.4) is 0 Å². The third-order valence-corrected chi connectivity index (χ3v) is 4.45. The van der Waals surface area contributed by atoms with Gasteiger partial charge >= 0.3 is 0 Å². The number of nitrogens with one attached hydrogen (secondary N) is 3. The minimum Gasteiger partial charge on any atom is -0.368 e. The molecule has 2 amide bonds. The van der Waals surface area contributed by atoms with Gasteiger partial charge in [-0.1, -0.05) is 0 Å². The van der Waals surface area contributed by atoms with Crippen LogP contribution in [0.5, 0.6) is 0 Å². The van der Waals surface area contributed by atoms with E-state index in [1.54, 1.807) is 30.3 Å². The number of benzene rings is 2. The van der Waals surface area contributed by atoms with Gasteiger partial charge in [-0.3, -0.25) is 9.59 Å². The van der Waals surface area contributed by atoms with Crippen LogP contribution in [-0.2, 0) is 9.53 Å². The molecule has 4 rings (SSSR count). The summed E-state index contributed by atoms with van der Waals surface area (Å²) in [5.41, 5.74) is 2.93. The minimum atomic E-state index is -0.363. The summed E-state index contributed by atoms with van der Waals surface area (Å²) in [5, 5.41) is 6.69. The fourth-order valence-corrected chi connectivity index (χ4v) is 3.04. The van der Waals surface area contributed by atoms with E-state index in [0.29, 0.717) is 23.5 Å². The first-order valence-corrected chi connectivity index (χ1v) is 8.60. The molecular formula is C20H19N3O3. The SMILES string of the molecule is O=C(Nc1ccc(NC(=O)[C@H]2CCCO2)cc1)c1ccc2[nH]ccc2c1. The standard InChI is InChI=1S/C20H19N3O3/c24-19(14-3-8-17-13(12-14)9-10-21-17)22-15-4-6-16(7-5-15)23-20(25)18-2-1-11-26-18/h3-10,12,18,21H,1-2,11H2,(H,22,24)(H,23,25)/t18-/m1/s1. The molecule has 132 valence electrons. The second-order valence-electron chi connectivity index (χ2n) is 6.30. The van der Waals surface area contributed by atoms with Gasteiger partial charge in [-0.15, -0.1) is 0 Å². The molecule has 6 heteroatoms. The van der Waals surface area contributed by atoms with Gasteiger partial charge < -0.3 is 20.4 Å². The fraction of sp³-hybridized carbons (Fsp3) is 0.200. The summed E-state index contributed by atoms with van der Waals surface area (Å²) in [6.45, 7) is 0.637. The highest BCUT2D eigenvalue weighted by molar-refractivity contribution is 6.06. The highest BCUT2D eigenvalue weighted by Gasteiger charge is 2.23. The summed E-state index contributed by atoms with van der Waals surface area (Å²) in [6, 6.07) is 14.5. The van der Waals surface area contributed by atoms with E-state index in [2.05, 4.69) is 15.6 Å². The van der Waals surface area contributed by atoms with E-state index in [0.717, 1.165) is 23.7 Å². The quantitative estimate of drug-likeness (QED) is 0.674. The number of H-pyrrole nitrogens is 1. The first-order valence-electron chi connectivity index (χ1n) is 8.60. The van der Waals surface area contributed by atoms with Gasteiger partial charge in [-0.2, -0.15) is 0 Å². The zero-order valence-corrected chi connectivity index (χ0v) is 14.1. The van der Waals surface area contributed by atoms with E-state index in [4.69, 9.17) is 4.74 Å². The predicted octanol–water partition coefficient (Wildman–Crippen LogP) is 3.54. The average Bonchev–Trinajstić information content (AvgIpc) is 3.34. The van der Waals surface area contributed by atoms with Crippen molar-refractivity contribution in [1.82, 2.24) is 4.98 Å². The van der Waals surface area contributed by atoms with Crippen LogP contribution in [0.4, 0.5) is 11.4 Å². The summed E-state index contributed by atoms with van der Waals surface area (Å²) >= 11 is 0. The molecule has 0 unspecified atom stereocenters. The molecule has 3 N–H and O–H groups in total. The van der Waals surface area contributed by atoms with Crippen LogP contribution in [0.15, 0.2) is 54.7 Å². The molecule has 1 atom stereocenters. The molecular weight excluding hydrogens is 330 g/mol. The van der Waals surface area contributed by atoms with Crippen molar-refractivity contribution < 1.29 is 14.3 Å². The van der Waals surface area contributed by atoms with E-state index in [1.165, 1.54) is 0 Å². The second-order valence-corrected chi connectivity index (χ2v) is 6.30. The number of rotatable bonds is 4. The molecule has 0 saturated carbocycles. The van der Waals surface area contributed by atoms with E-state index in [1.807, 2.05) is 24.4 Å². The van der Waals surface area contributed by atoms with Gasteiger partial charge in [-0.05, 0) is 61.4 Å². The van der Waals surface area contributed by atoms with Gasteiger partial charge in [0.1, 0.15) is 6.10 Å². The molecule has 6 nitrogen and oxygen atoms in total. The number of amides is 2. The molecule has 1 aromatic heterocycles. The molecule has 1 fully saturated rings. The molecule has 0 radical (unpaired) electrons. The summed E-state index contributed by atoms with van der Waals surface area (Å²) in [5.74, 6) is -0.302. The number of anilines is 2. The Labute approximate surface area is 150 Å². The van der Waals surface area contributed by atoms with Crippen molar-refractivity contribution in [1.29, 1.82) is 0 Å². The van der Waals surface area contributed by atoms with Crippen molar-refractivity contribution in [3.05, 3.63) is 60.3 Å². The Morgan fingerprint density at radius 2 is 1.77 bits per heavy atom. The first kappa shape index (κ1) is 16.4. The number of fused-ring (bicyclic) bond motifs is 1. The zero-order valence-electron chi connectivity index (χ0n) is 14.1. The van der Waals surface area contributed by atoms with E-state index < -0.39 is 0 Å². The lowest BCUT2D eigenvalue weighted by molar-refractivity contribution is -0.124. The Morgan fingerprint density at radius 1 is 1.00 bits per heavy atom. The topological polar surface area (TPSA) is 83.2 Å². The monoisotopic (exact) mass is 349 g/mol. The summed E-state index contributed by atoms with van der Waals surface area (Å²) in [6.07, 6.45) is 3.15. The Kier molecular flexibility index (Phi) is 4.41. The molecule has 2 aromatic carbocycles. The Balaban J connectivity index is 1.40. The summed E-state index contributed by atoms with van der Waals surface area (Å²) in [7, 11) is 0. The molecule has 1 aliphatic heterocycles. The van der Waals surface area contributed by atoms with E-state index >= 15 is 0 Å². The highest BCUT2D eigenvalue weighted by Crippen LogP contribution is 2.19. The lowest BCUT2D eigenvalue weighted by Crippen LogP contribution is -2.26. The number of ether oxygens (including phenoxy) is 1. The zero-order chi connectivity index (χ0) is 17.9. The smallest absolute Gasteiger partial charge is 0.255 e. The lowest BCUT2D eigenvalue weighted by Gasteiger charge is -2.11. The number of hydrogen-bond donors (Lipinski definition) is 3. The van der Waals surface area contributed by atoms with E-state index in [-0.39, 0.29) is 17.9 Å². The largest absolute Gasteiger partial charge is 0.368 e. The van der Waals surface area contributed by atoms with Crippen molar-refractivity contribution in [3.8, 4) is 0 Å².